The summed E-state index contributed by atoms with van der Waals surface area (Å²) in [6.07, 6.45) is 1.63. The second-order valence-electron chi connectivity index (χ2n) is 2.50. The van der Waals surface area contributed by atoms with Crippen LogP contribution < -0.4 is 0 Å². The number of pyridine rings is 1. The predicted molar refractivity (Wildman–Crippen MR) is 54.0 cm³/mol. The minimum atomic E-state index is 0.654. The van der Waals surface area contributed by atoms with Crippen LogP contribution in [0.1, 0.15) is 0 Å². The number of benzene rings is 1. The third-order valence-electron chi connectivity index (χ3n) is 1.66. The standard InChI is InChI=1S/C9H6ClNS/c10-7-4-6-2-1-3-8(12)9(6)11-5-7/h1-5,12H. The van der Waals surface area contributed by atoms with Crippen LogP contribution in [0, 0.1) is 0 Å². The van der Waals surface area contributed by atoms with E-state index in [1.165, 1.54) is 0 Å². The average Bonchev–Trinajstić information content (AvgIpc) is 2.04. The minimum Gasteiger partial charge on any atom is -0.254 e. The van der Waals surface area contributed by atoms with E-state index in [9.17, 15) is 0 Å². The summed E-state index contributed by atoms with van der Waals surface area (Å²) in [7, 11) is 0. The Hall–Kier alpha value is -0.730. The molecule has 0 N–H and O–H groups in total. The molecule has 0 aliphatic rings. The summed E-state index contributed by atoms with van der Waals surface area (Å²) in [4.78, 5) is 5.05. The topological polar surface area (TPSA) is 12.9 Å². The highest BCUT2D eigenvalue weighted by Crippen LogP contribution is 2.21. The molecule has 0 bridgehead atoms. The molecule has 0 saturated carbocycles. The van der Waals surface area contributed by atoms with Crippen molar-refractivity contribution in [3.05, 3.63) is 35.5 Å². The minimum absolute atomic E-state index is 0.654. The monoisotopic (exact) mass is 195 g/mol. The molecule has 0 aliphatic heterocycles. The van der Waals surface area contributed by atoms with E-state index in [1.54, 1.807) is 6.20 Å². The molecule has 1 aromatic heterocycles. The van der Waals surface area contributed by atoms with Gasteiger partial charge in [0.25, 0.3) is 0 Å². The van der Waals surface area contributed by atoms with Crippen molar-refractivity contribution in [2.45, 2.75) is 4.90 Å². The van der Waals surface area contributed by atoms with Crippen LogP contribution >= 0.6 is 24.2 Å². The summed E-state index contributed by atoms with van der Waals surface area (Å²) in [6, 6.07) is 7.69. The van der Waals surface area contributed by atoms with Crippen LogP contribution in [0.25, 0.3) is 10.9 Å². The van der Waals surface area contributed by atoms with Gasteiger partial charge in [0.1, 0.15) is 0 Å². The highest BCUT2D eigenvalue weighted by molar-refractivity contribution is 7.80. The molecule has 2 rings (SSSR count). The quantitative estimate of drug-likeness (QED) is 0.638. The average molecular weight is 196 g/mol. The lowest BCUT2D eigenvalue weighted by Crippen LogP contribution is -1.79. The van der Waals surface area contributed by atoms with Crippen molar-refractivity contribution in [1.82, 2.24) is 4.98 Å². The molecule has 1 nitrogen and oxygen atoms in total. The molecule has 60 valence electrons. The summed E-state index contributed by atoms with van der Waals surface area (Å²) in [5.41, 5.74) is 0.894. The van der Waals surface area contributed by atoms with Crippen molar-refractivity contribution in [2.75, 3.05) is 0 Å². The summed E-state index contributed by atoms with van der Waals surface area (Å²) in [5, 5.41) is 1.68. The number of rotatable bonds is 0. The van der Waals surface area contributed by atoms with E-state index in [2.05, 4.69) is 17.6 Å². The first kappa shape index (κ1) is 7.90. The van der Waals surface area contributed by atoms with Gasteiger partial charge in [-0.25, -0.2) is 0 Å². The summed E-state index contributed by atoms with van der Waals surface area (Å²) >= 11 is 10.1. The molecular formula is C9H6ClNS. The first-order chi connectivity index (χ1) is 5.77. The van der Waals surface area contributed by atoms with Crippen molar-refractivity contribution in [1.29, 1.82) is 0 Å². The van der Waals surface area contributed by atoms with Crippen molar-refractivity contribution in [3.8, 4) is 0 Å². The van der Waals surface area contributed by atoms with Crippen LogP contribution in [0.4, 0.5) is 0 Å². The Kier molecular flexibility index (Phi) is 1.95. The highest BCUT2D eigenvalue weighted by Gasteiger charge is 1.98. The smallest absolute Gasteiger partial charge is 0.0836 e. The van der Waals surface area contributed by atoms with Gasteiger partial charge >= 0.3 is 0 Å². The van der Waals surface area contributed by atoms with Crippen LogP contribution in [0.2, 0.25) is 5.02 Å². The molecule has 0 spiro atoms. The molecule has 2 aromatic rings. The molecule has 0 radical (unpaired) electrons. The molecule has 0 fully saturated rings. The Morgan fingerprint density at radius 2 is 2.17 bits per heavy atom. The lowest BCUT2D eigenvalue weighted by atomic mass is 10.2. The van der Waals surface area contributed by atoms with Gasteiger partial charge in [-0.1, -0.05) is 23.7 Å². The molecule has 3 heteroatoms. The number of halogens is 1. The van der Waals surface area contributed by atoms with E-state index in [1.807, 2.05) is 24.3 Å². The van der Waals surface area contributed by atoms with Crippen LogP contribution in [0.3, 0.4) is 0 Å². The molecule has 0 aliphatic carbocycles. The lowest BCUT2D eigenvalue weighted by molar-refractivity contribution is 1.36. The fourth-order valence-electron chi connectivity index (χ4n) is 1.12. The van der Waals surface area contributed by atoms with E-state index >= 15 is 0 Å². The maximum atomic E-state index is 5.78. The fraction of sp³-hybridized carbons (Fsp3) is 0. The molecule has 0 atom stereocenters. The van der Waals surface area contributed by atoms with E-state index in [-0.39, 0.29) is 0 Å². The number of hydrogen-bond acceptors (Lipinski definition) is 2. The van der Waals surface area contributed by atoms with Gasteiger partial charge in [-0.2, -0.15) is 0 Å². The van der Waals surface area contributed by atoms with Crippen molar-refractivity contribution in [2.24, 2.45) is 0 Å². The maximum absolute atomic E-state index is 5.78. The first-order valence-corrected chi connectivity index (χ1v) is 4.33. The second kappa shape index (κ2) is 2.96. The SMILES string of the molecule is Sc1cccc2cc(Cl)cnc12. The lowest BCUT2D eigenvalue weighted by Gasteiger charge is -1.99. The molecule has 1 aromatic carbocycles. The van der Waals surface area contributed by atoms with Crippen molar-refractivity contribution in [3.63, 3.8) is 0 Å². The van der Waals surface area contributed by atoms with E-state index in [0.717, 1.165) is 15.8 Å². The Morgan fingerprint density at radius 1 is 1.33 bits per heavy atom. The number of nitrogens with zero attached hydrogens (tertiary/aromatic N) is 1. The summed E-state index contributed by atoms with van der Waals surface area (Å²) < 4.78 is 0. The van der Waals surface area contributed by atoms with Gasteiger partial charge in [0.05, 0.1) is 10.5 Å². The Morgan fingerprint density at radius 3 is 3.00 bits per heavy atom. The third-order valence-corrected chi connectivity index (χ3v) is 2.22. The number of thiol groups is 1. The summed E-state index contributed by atoms with van der Waals surface area (Å²) in [6.45, 7) is 0. The van der Waals surface area contributed by atoms with Gasteiger partial charge in [0.2, 0.25) is 0 Å². The first-order valence-electron chi connectivity index (χ1n) is 3.50. The molecule has 0 unspecified atom stereocenters. The third kappa shape index (κ3) is 1.28. The highest BCUT2D eigenvalue weighted by atomic mass is 35.5. The number of fused-ring (bicyclic) bond motifs is 1. The summed E-state index contributed by atoms with van der Waals surface area (Å²) in [5.74, 6) is 0. The molecular weight excluding hydrogens is 190 g/mol. The van der Waals surface area contributed by atoms with Crippen molar-refractivity contribution >= 4 is 35.1 Å². The van der Waals surface area contributed by atoms with Crippen LogP contribution in [-0.4, -0.2) is 4.98 Å². The Bertz CT molecular complexity index is 428. The van der Waals surface area contributed by atoms with Crippen LogP contribution in [-0.2, 0) is 0 Å². The van der Waals surface area contributed by atoms with Gasteiger partial charge < -0.3 is 0 Å². The molecule has 0 saturated heterocycles. The van der Waals surface area contributed by atoms with Crippen molar-refractivity contribution < 1.29 is 0 Å². The van der Waals surface area contributed by atoms with E-state index < -0.39 is 0 Å². The fourth-order valence-corrected chi connectivity index (χ4v) is 1.56. The normalized spacial score (nSPS) is 10.5. The van der Waals surface area contributed by atoms with Gasteiger partial charge in [-0.05, 0) is 12.1 Å². The zero-order valence-electron chi connectivity index (χ0n) is 6.16. The van der Waals surface area contributed by atoms with Gasteiger partial charge in [-0.3, -0.25) is 4.98 Å². The zero-order valence-corrected chi connectivity index (χ0v) is 7.81. The van der Waals surface area contributed by atoms with Gasteiger partial charge in [0, 0.05) is 16.5 Å². The van der Waals surface area contributed by atoms with E-state index in [0.29, 0.717) is 5.02 Å². The number of aromatic nitrogens is 1. The Balaban J connectivity index is 2.86. The number of para-hydroxylation sites is 1. The molecule has 1 heterocycles. The van der Waals surface area contributed by atoms with Gasteiger partial charge in [-0.15, -0.1) is 12.6 Å². The van der Waals surface area contributed by atoms with Gasteiger partial charge in [0.15, 0.2) is 0 Å². The predicted octanol–water partition coefficient (Wildman–Crippen LogP) is 3.18. The number of hydrogen-bond donors (Lipinski definition) is 1. The zero-order chi connectivity index (χ0) is 8.55. The Labute approximate surface area is 80.8 Å². The van der Waals surface area contributed by atoms with E-state index in [4.69, 9.17) is 11.6 Å². The maximum Gasteiger partial charge on any atom is 0.0836 e. The van der Waals surface area contributed by atoms with Crippen LogP contribution in [0.15, 0.2) is 35.4 Å². The van der Waals surface area contributed by atoms with Crippen LogP contribution in [0.5, 0.6) is 0 Å². The molecule has 0 amide bonds. The second-order valence-corrected chi connectivity index (χ2v) is 3.42. The molecule has 12 heavy (non-hydrogen) atoms. The largest absolute Gasteiger partial charge is 0.254 e.